The van der Waals surface area contributed by atoms with Crippen LogP contribution in [0.25, 0.3) is 0 Å². The first-order valence-electron chi connectivity index (χ1n) is 6.61. The van der Waals surface area contributed by atoms with Crippen molar-refractivity contribution in [3.05, 3.63) is 46.0 Å². The van der Waals surface area contributed by atoms with Crippen LogP contribution in [0.15, 0.2) is 35.4 Å². The van der Waals surface area contributed by atoms with Crippen LogP contribution in [0.5, 0.6) is 0 Å². The van der Waals surface area contributed by atoms with E-state index in [-0.39, 0.29) is 11.2 Å². The molecule has 0 spiro atoms. The molecule has 1 aliphatic carbocycles. The van der Waals surface area contributed by atoms with Gasteiger partial charge in [0.15, 0.2) is 5.78 Å². The topological polar surface area (TPSA) is 43.1 Å². The number of Topliss-reactive ketones (excluding diaryl/α,β-unsaturated/α-hetero) is 1. The van der Waals surface area contributed by atoms with Gasteiger partial charge in [-0.3, -0.25) is 4.79 Å². The molecular weight excluding hydrogens is 278 g/mol. The van der Waals surface area contributed by atoms with E-state index in [1.54, 1.807) is 36.0 Å². The summed E-state index contributed by atoms with van der Waals surface area (Å²) in [5, 5.41) is 0.950. The molecule has 2 aliphatic rings. The van der Waals surface area contributed by atoms with E-state index in [0.29, 0.717) is 15.8 Å². The van der Waals surface area contributed by atoms with Crippen LogP contribution in [0.4, 0.5) is 0 Å². The fourth-order valence-electron chi connectivity index (χ4n) is 2.90. The molecule has 1 aromatic carbocycles. The van der Waals surface area contributed by atoms with E-state index >= 15 is 0 Å². The van der Waals surface area contributed by atoms with E-state index in [2.05, 4.69) is 0 Å². The van der Waals surface area contributed by atoms with Gasteiger partial charge in [-0.05, 0) is 49.1 Å². The van der Waals surface area contributed by atoms with Crippen LogP contribution in [-0.4, -0.2) is 16.4 Å². The minimum absolute atomic E-state index is 0.0797. The van der Waals surface area contributed by atoms with Gasteiger partial charge in [-0.2, -0.15) is 0 Å². The summed E-state index contributed by atoms with van der Waals surface area (Å²) in [7, 11) is 0. The molecule has 0 saturated heterocycles. The average molecular weight is 294 g/mol. The summed E-state index contributed by atoms with van der Waals surface area (Å²) in [6, 6.07) is 7.08. The summed E-state index contributed by atoms with van der Waals surface area (Å²) < 4.78 is 0. The van der Waals surface area contributed by atoms with Crippen LogP contribution in [0.3, 0.4) is 0 Å². The van der Waals surface area contributed by atoms with Crippen LogP contribution < -0.4 is 5.73 Å². The normalized spacial score (nSPS) is 26.4. The number of hydrogen-bond acceptors (Lipinski definition) is 3. The molecule has 1 aromatic rings. The number of ketones is 1. The van der Waals surface area contributed by atoms with Crippen molar-refractivity contribution in [1.82, 2.24) is 0 Å². The first kappa shape index (κ1) is 13.2. The number of halogens is 1. The third-order valence-electron chi connectivity index (χ3n) is 3.84. The average Bonchev–Trinajstić information content (AvgIpc) is 2.74. The van der Waals surface area contributed by atoms with Gasteiger partial charge in [0.05, 0.1) is 5.37 Å². The summed E-state index contributed by atoms with van der Waals surface area (Å²) in [4.78, 5) is 12.6. The predicted molar refractivity (Wildman–Crippen MR) is 80.6 cm³/mol. The maximum absolute atomic E-state index is 12.6. The third kappa shape index (κ3) is 2.47. The fraction of sp³-hybridized carbons (Fsp3) is 0.400. The zero-order chi connectivity index (χ0) is 13.4. The molecule has 3 rings (SSSR count). The number of nitrogens with two attached hydrogens (primary N) is 1. The van der Waals surface area contributed by atoms with Crippen LogP contribution in [0.2, 0.25) is 5.02 Å². The molecule has 0 amide bonds. The monoisotopic (exact) mass is 293 g/mol. The van der Waals surface area contributed by atoms with E-state index in [1.807, 2.05) is 0 Å². The Labute approximate surface area is 122 Å². The molecule has 0 radical (unpaired) electrons. The summed E-state index contributed by atoms with van der Waals surface area (Å²) in [6.45, 7) is 0. The number of thioether (sulfide) groups is 1. The maximum Gasteiger partial charge on any atom is 0.191 e. The Hall–Kier alpha value is -0.770. The van der Waals surface area contributed by atoms with Gasteiger partial charge in [0.1, 0.15) is 0 Å². The van der Waals surface area contributed by atoms with Gasteiger partial charge in [-0.25, -0.2) is 0 Å². The molecule has 100 valence electrons. The SMILES string of the molecule is NC1SC2CCCCC2=C1C(=O)c1ccc(Cl)cc1. The van der Waals surface area contributed by atoms with Crippen LogP contribution >= 0.6 is 23.4 Å². The number of benzene rings is 1. The predicted octanol–water partition coefficient (Wildman–Crippen LogP) is 3.79. The smallest absolute Gasteiger partial charge is 0.191 e. The fourth-order valence-corrected chi connectivity index (χ4v) is 4.48. The summed E-state index contributed by atoms with van der Waals surface area (Å²) in [5.41, 5.74) is 8.99. The first-order chi connectivity index (χ1) is 9.16. The first-order valence-corrected chi connectivity index (χ1v) is 7.93. The number of carbonyl (C=O) groups excluding carboxylic acids is 1. The Morgan fingerprint density at radius 2 is 2.00 bits per heavy atom. The van der Waals surface area contributed by atoms with Crippen molar-refractivity contribution < 1.29 is 4.79 Å². The molecule has 4 heteroatoms. The van der Waals surface area contributed by atoms with E-state index in [4.69, 9.17) is 17.3 Å². The second-order valence-corrected chi connectivity index (χ2v) is 6.85. The third-order valence-corrected chi connectivity index (χ3v) is 5.47. The van der Waals surface area contributed by atoms with Crippen molar-refractivity contribution in [2.75, 3.05) is 0 Å². The van der Waals surface area contributed by atoms with Crippen LogP contribution in [0.1, 0.15) is 36.0 Å². The molecule has 1 heterocycles. The van der Waals surface area contributed by atoms with Crippen molar-refractivity contribution in [2.45, 2.75) is 36.3 Å². The van der Waals surface area contributed by atoms with Crippen molar-refractivity contribution in [2.24, 2.45) is 5.73 Å². The van der Waals surface area contributed by atoms with Crippen molar-refractivity contribution in [3.63, 3.8) is 0 Å². The Kier molecular flexibility index (Phi) is 3.70. The van der Waals surface area contributed by atoms with Gasteiger partial charge < -0.3 is 5.73 Å². The Bertz CT molecular complexity index is 538. The summed E-state index contributed by atoms with van der Waals surface area (Å²) in [6.07, 6.45) is 4.61. The lowest BCUT2D eigenvalue weighted by Crippen LogP contribution is -2.21. The summed E-state index contributed by atoms with van der Waals surface area (Å²) >= 11 is 7.60. The lowest BCUT2D eigenvalue weighted by atomic mass is 9.88. The second-order valence-electron chi connectivity index (χ2n) is 5.07. The Morgan fingerprint density at radius 3 is 2.74 bits per heavy atom. The molecule has 2 N–H and O–H groups in total. The highest BCUT2D eigenvalue weighted by Crippen LogP contribution is 2.45. The highest BCUT2D eigenvalue weighted by atomic mass is 35.5. The standard InChI is InChI=1S/C15H16ClNOS/c16-10-7-5-9(6-8-10)14(18)13-11-3-1-2-4-12(11)19-15(13)17/h5-8,12,15H,1-4,17H2. The Balaban J connectivity index is 1.95. The molecule has 2 unspecified atom stereocenters. The highest BCUT2D eigenvalue weighted by molar-refractivity contribution is 8.01. The van der Waals surface area contributed by atoms with E-state index in [0.717, 1.165) is 18.4 Å². The number of hydrogen-bond donors (Lipinski definition) is 1. The van der Waals surface area contributed by atoms with E-state index < -0.39 is 0 Å². The van der Waals surface area contributed by atoms with Gasteiger partial charge in [0, 0.05) is 21.4 Å². The quantitative estimate of drug-likeness (QED) is 0.844. The molecule has 1 saturated carbocycles. The molecular formula is C15H16ClNOS. The minimum Gasteiger partial charge on any atom is -0.316 e. The van der Waals surface area contributed by atoms with Gasteiger partial charge in [0.2, 0.25) is 0 Å². The number of carbonyl (C=O) groups is 1. The molecule has 2 nitrogen and oxygen atoms in total. The van der Waals surface area contributed by atoms with Crippen molar-refractivity contribution in [3.8, 4) is 0 Å². The van der Waals surface area contributed by atoms with Crippen molar-refractivity contribution in [1.29, 1.82) is 0 Å². The Morgan fingerprint density at radius 1 is 1.26 bits per heavy atom. The highest BCUT2D eigenvalue weighted by Gasteiger charge is 2.36. The van der Waals surface area contributed by atoms with Gasteiger partial charge >= 0.3 is 0 Å². The molecule has 1 fully saturated rings. The van der Waals surface area contributed by atoms with E-state index in [1.165, 1.54) is 18.4 Å². The molecule has 2 atom stereocenters. The van der Waals surface area contributed by atoms with Gasteiger partial charge in [0.25, 0.3) is 0 Å². The molecule has 0 aromatic heterocycles. The zero-order valence-electron chi connectivity index (χ0n) is 10.6. The minimum atomic E-state index is -0.165. The molecule has 0 bridgehead atoms. The lowest BCUT2D eigenvalue weighted by Gasteiger charge is -2.19. The number of fused-ring (bicyclic) bond motifs is 1. The van der Waals surface area contributed by atoms with Crippen LogP contribution in [0, 0.1) is 0 Å². The van der Waals surface area contributed by atoms with Crippen molar-refractivity contribution >= 4 is 29.1 Å². The second kappa shape index (κ2) is 5.31. The van der Waals surface area contributed by atoms with E-state index in [9.17, 15) is 4.79 Å². The molecule has 19 heavy (non-hydrogen) atoms. The number of rotatable bonds is 2. The van der Waals surface area contributed by atoms with Crippen LogP contribution in [-0.2, 0) is 0 Å². The van der Waals surface area contributed by atoms with Gasteiger partial charge in [-0.15, -0.1) is 11.8 Å². The maximum atomic E-state index is 12.6. The van der Waals surface area contributed by atoms with Gasteiger partial charge in [-0.1, -0.05) is 18.0 Å². The molecule has 1 aliphatic heterocycles. The lowest BCUT2D eigenvalue weighted by molar-refractivity contribution is 0.103. The largest absolute Gasteiger partial charge is 0.316 e. The summed E-state index contributed by atoms with van der Waals surface area (Å²) in [5.74, 6) is 0.0797. The zero-order valence-corrected chi connectivity index (χ0v) is 12.1.